The van der Waals surface area contributed by atoms with Crippen LogP contribution in [0.25, 0.3) is 0 Å². The molecule has 2 N–H and O–H groups in total. The number of carbonyl (C=O) groups is 3. The van der Waals surface area contributed by atoms with Crippen molar-refractivity contribution in [2.75, 3.05) is 18.0 Å². The maximum atomic E-state index is 15.0. The van der Waals surface area contributed by atoms with Crippen LogP contribution in [0.4, 0.5) is 19.3 Å². The SMILES string of the molecule is CC(=O)c1ccc(N2C[C@@H](C(=O)N[C@@H](Cc3ccccc3)[C@H](O)CN(Cc3cccs3)S(=O)(=O)c3cc(F)c(C)cc3F)OC2=O)cc1. The number of halogens is 2. The lowest BCUT2D eigenvalue weighted by molar-refractivity contribution is -0.129. The molecule has 0 bridgehead atoms. The van der Waals surface area contributed by atoms with Gasteiger partial charge in [-0.05, 0) is 79.2 Å². The fourth-order valence-corrected chi connectivity index (χ4v) is 7.53. The number of aliphatic hydroxyl groups excluding tert-OH is 1. The van der Waals surface area contributed by atoms with Gasteiger partial charge in [-0.15, -0.1) is 11.3 Å². The number of thiophene rings is 1. The molecule has 0 unspecified atom stereocenters. The van der Waals surface area contributed by atoms with Gasteiger partial charge >= 0.3 is 6.09 Å². The zero-order valence-electron chi connectivity index (χ0n) is 26.0. The average Bonchev–Trinajstić information content (AvgIpc) is 3.72. The lowest BCUT2D eigenvalue weighted by Gasteiger charge is -2.30. The first kappa shape index (κ1) is 34.8. The summed E-state index contributed by atoms with van der Waals surface area (Å²) in [6.07, 6.45) is -3.54. The number of ether oxygens (including phenoxy) is 1. The summed E-state index contributed by atoms with van der Waals surface area (Å²) < 4.78 is 63.2. The molecule has 1 aliphatic rings. The number of ketones is 1. The Bertz CT molecular complexity index is 1890. The number of rotatable bonds is 13. The van der Waals surface area contributed by atoms with E-state index >= 15 is 0 Å². The number of hydrogen-bond acceptors (Lipinski definition) is 8. The van der Waals surface area contributed by atoms with Crippen molar-refractivity contribution in [3.05, 3.63) is 117 Å². The highest BCUT2D eigenvalue weighted by Crippen LogP contribution is 2.27. The standard InChI is InChI=1S/C34H33F2N3O7S2/c1-21-15-28(36)32(17-27(21)35)48(44,45)38(18-26-9-6-14-47-26)19-30(41)29(16-23-7-4-3-5-8-23)37-33(42)31-20-39(34(43)46-31)25-12-10-24(11-13-25)22(2)40/h3-15,17,29-31,41H,16,18-20H2,1-2H3,(H,37,42)/t29-,30+,31-/m0/s1. The van der Waals surface area contributed by atoms with Crippen LogP contribution in [0, 0.1) is 18.6 Å². The molecule has 0 spiro atoms. The van der Waals surface area contributed by atoms with Gasteiger partial charge in [-0.2, -0.15) is 4.31 Å². The van der Waals surface area contributed by atoms with E-state index in [2.05, 4.69) is 5.32 Å². The monoisotopic (exact) mass is 697 g/mol. The Kier molecular flexibility index (Phi) is 10.7. The number of aryl methyl sites for hydroxylation is 1. The minimum absolute atomic E-state index is 0.0606. The molecule has 10 nitrogen and oxygen atoms in total. The minimum Gasteiger partial charge on any atom is -0.434 e. The van der Waals surface area contributed by atoms with Crippen molar-refractivity contribution in [3.8, 4) is 0 Å². The highest BCUT2D eigenvalue weighted by Gasteiger charge is 2.39. The smallest absolute Gasteiger partial charge is 0.415 e. The van der Waals surface area contributed by atoms with Crippen LogP contribution in [0.5, 0.6) is 0 Å². The maximum absolute atomic E-state index is 15.0. The second-order valence-corrected chi connectivity index (χ2v) is 14.3. The third-order valence-corrected chi connectivity index (χ3v) is 10.6. The van der Waals surface area contributed by atoms with E-state index in [1.165, 1.54) is 30.1 Å². The van der Waals surface area contributed by atoms with Crippen LogP contribution in [0.2, 0.25) is 0 Å². The van der Waals surface area contributed by atoms with E-state index < -0.39 is 63.3 Å². The minimum atomic E-state index is -4.69. The topological polar surface area (TPSA) is 133 Å². The summed E-state index contributed by atoms with van der Waals surface area (Å²) in [6.45, 7) is 1.72. The molecule has 1 fully saturated rings. The molecule has 2 amide bonds. The molecule has 0 radical (unpaired) electrons. The largest absolute Gasteiger partial charge is 0.434 e. The molecule has 252 valence electrons. The van der Waals surface area contributed by atoms with Gasteiger partial charge in [-0.25, -0.2) is 22.0 Å². The van der Waals surface area contributed by atoms with Gasteiger partial charge in [0.05, 0.1) is 18.7 Å². The average molecular weight is 698 g/mol. The van der Waals surface area contributed by atoms with Crippen molar-refractivity contribution in [2.24, 2.45) is 0 Å². The summed E-state index contributed by atoms with van der Waals surface area (Å²) in [5.74, 6) is -2.93. The molecule has 5 rings (SSSR count). The first-order valence-corrected chi connectivity index (χ1v) is 17.2. The quantitative estimate of drug-likeness (QED) is 0.191. The Hall–Kier alpha value is -4.50. The van der Waals surface area contributed by atoms with E-state index in [9.17, 15) is 36.7 Å². The fraction of sp³-hybridized carbons (Fsp3) is 0.265. The molecule has 0 aliphatic carbocycles. The number of benzene rings is 3. The summed E-state index contributed by atoms with van der Waals surface area (Å²) >= 11 is 1.24. The molecular formula is C34H33F2N3O7S2. The highest BCUT2D eigenvalue weighted by atomic mass is 32.2. The molecule has 2 heterocycles. The first-order valence-electron chi connectivity index (χ1n) is 14.9. The van der Waals surface area contributed by atoms with Crippen molar-refractivity contribution in [1.82, 2.24) is 9.62 Å². The first-order chi connectivity index (χ1) is 22.8. The summed E-state index contributed by atoms with van der Waals surface area (Å²) in [7, 11) is -4.69. The number of carbonyl (C=O) groups excluding carboxylic acids is 3. The Morgan fingerprint density at radius 1 is 1.06 bits per heavy atom. The number of hydrogen-bond donors (Lipinski definition) is 2. The number of nitrogens with one attached hydrogen (secondary N) is 1. The van der Waals surface area contributed by atoms with Crippen molar-refractivity contribution >= 4 is 44.8 Å². The van der Waals surface area contributed by atoms with Gasteiger partial charge < -0.3 is 15.2 Å². The number of sulfonamides is 1. The van der Waals surface area contributed by atoms with Gasteiger partial charge in [-0.1, -0.05) is 36.4 Å². The van der Waals surface area contributed by atoms with Gasteiger partial charge in [0, 0.05) is 29.2 Å². The van der Waals surface area contributed by atoms with Gasteiger partial charge in [0.1, 0.15) is 16.5 Å². The summed E-state index contributed by atoms with van der Waals surface area (Å²) in [6, 6.07) is 18.8. The highest BCUT2D eigenvalue weighted by molar-refractivity contribution is 7.89. The van der Waals surface area contributed by atoms with Crippen LogP contribution < -0.4 is 10.2 Å². The summed E-state index contributed by atoms with van der Waals surface area (Å²) in [4.78, 5) is 38.8. The van der Waals surface area contributed by atoms with E-state index in [0.717, 1.165) is 10.4 Å². The predicted octanol–water partition coefficient (Wildman–Crippen LogP) is 4.84. The Morgan fingerprint density at radius 3 is 2.42 bits per heavy atom. The van der Waals surface area contributed by atoms with E-state index in [4.69, 9.17) is 4.74 Å². The lowest BCUT2D eigenvalue weighted by Crippen LogP contribution is -2.53. The van der Waals surface area contributed by atoms with Gasteiger partial charge in [0.2, 0.25) is 10.0 Å². The van der Waals surface area contributed by atoms with Crippen molar-refractivity contribution in [3.63, 3.8) is 0 Å². The molecule has 14 heteroatoms. The van der Waals surface area contributed by atoms with E-state index in [1.54, 1.807) is 72.1 Å². The Morgan fingerprint density at radius 2 is 1.77 bits per heavy atom. The van der Waals surface area contributed by atoms with Gasteiger partial charge in [0.25, 0.3) is 5.91 Å². The van der Waals surface area contributed by atoms with E-state index in [1.807, 2.05) is 0 Å². The summed E-state index contributed by atoms with van der Waals surface area (Å²) in [5, 5.41) is 16.0. The zero-order valence-corrected chi connectivity index (χ0v) is 27.6. The molecule has 0 saturated carbocycles. The lowest BCUT2D eigenvalue weighted by atomic mass is 10.0. The molecule has 3 atom stereocenters. The van der Waals surface area contributed by atoms with Gasteiger partial charge in [0.15, 0.2) is 11.9 Å². The predicted molar refractivity (Wildman–Crippen MR) is 175 cm³/mol. The number of nitrogens with zero attached hydrogens (tertiary/aromatic N) is 2. The second-order valence-electron chi connectivity index (χ2n) is 11.4. The third kappa shape index (κ3) is 7.96. The molecule has 1 aromatic heterocycles. The van der Waals surface area contributed by atoms with Crippen molar-refractivity contribution in [1.29, 1.82) is 0 Å². The van der Waals surface area contributed by atoms with Gasteiger partial charge in [-0.3, -0.25) is 14.5 Å². The number of cyclic esters (lactones) is 1. The van der Waals surface area contributed by atoms with Crippen LogP contribution >= 0.6 is 11.3 Å². The van der Waals surface area contributed by atoms with Crippen LogP contribution in [0.3, 0.4) is 0 Å². The Balaban J connectivity index is 1.39. The number of aliphatic hydroxyl groups is 1. The van der Waals surface area contributed by atoms with Crippen LogP contribution in [-0.4, -0.2) is 67.0 Å². The molecule has 3 aromatic carbocycles. The zero-order chi connectivity index (χ0) is 34.6. The van der Waals surface area contributed by atoms with E-state index in [-0.39, 0.29) is 30.9 Å². The molecule has 4 aromatic rings. The number of Topliss-reactive ketones (excluding diaryl/α,β-unsaturated/α-hetero) is 1. The summed E-state index contributed by atoms with van der Waals surface area (Å²) in [5.41, 5.74) is 1.50. The van der Waals surface area contributed by atoms with E-state index in [0.29, 0.717) is 27.8 Å². The van der Waals surface area contributed by atoms with Crippen molar-refractivity contribution in [2.45, 2.75) is 50.0 Å². The van der Waals surface area contributed by atoms with Crippen LogP contribution in [-0.2, 0) is 32.5 Å². The van der Waals surface area contributed by atoms with Crippen LogP contribution in [0.15, 0.2) is 89.1 Å². The molecule has 1 saturated heterocycles. The normalized spacial score (nSPS) is 16.1. The fourth-order valence-electron chi connectivity index (χ4n) is 5.24. The van der Waals surface area contributed by atoms with Crippen molar-refractivity contribution < 1.29 is 41.4 Å². The second kappa shape index (κ2) is 14.7. The third-order valence-electron chi connectivity index (χ3n) is 7.91. The number of anilines is 1. The molecule has 1 aliphatic heterocycles. The van der Waals surface area contributed by atoms with Crippen LogP contribution in [0.1, 0.15) is 33.3 Å². The number of amides is 2. The Labute approximate surface area is 280 Å². The molecule has 48 heavy (non-hydrogen) atoms. The maximum Gasteiger partial charge on any atom is 0.415 e. The molecular weight excluding hydrogens is 665 g/mol.